The van der Waals surface area contributed by atoms with Crippen LogP contribution >= 0.6 is 0 Å². The molecule has 4 heteroatoms. The summed E-state index contributed by atoms with van der Waals surface area (Å²) < 4.78 is 1.00. The molecule has 2 aliphatic heterocycles. The summed E-state index contributed by atoms with van der Waals surface area (Å²) in [6.07, 6.45) is 4.77. The highest BCUT2D eigenvalue weighted by Crippen LogP contribution is 2.27. The summed E-state index contributed by atoms with van der Waals surface area (Å²) in [5, 5.41) is 18.5. The van der Waals surface area contributed by atoms with E-state index in [2.05, 4.69) is 66.5 Å². The smallest absolute Gasteiger partial charge is 0.113 e. The number of likely N-dealkylation sites (tertiary alicyclic amines) is 2. The van der Waals surface area contributed by atoms with Gasteiger partial charge in [0.05, 0.1) is 26.8 Å². The number of rotatable bonds is 6. The zero-order chi connectivity index (χ0) is 20.5. The zero-order valence-corrected chi connectivity index (χ0v) is 17.8. The highest BCUT2D eigenvalue weighted by atomic mass is 16.3. The Bertz CT molecular complexity index is 709. The van der Waals surface area contributed by atoms with Gasteiger partial charge < -0.3 is 14.7 Å². The Morgan fingerprint density at radius 3 is 2.10 bits per heavy atom. The molecule has 2 N–H and O–H groups in total. The second kappa shape index (κ2) is 12.2. The Labute approximate surface area is 183 Å². The van der Waals surface area contributed by atoms with Crippen LogP contribution in [0.4, 0.5) is 0 Å². The second-order valence-corrected chi connectivity index (χ2v) is 8.76. The van der Waals surface area contributed by atoms with Gasteiger partial charge in [-0.3, -0.25) is 4.90 Å². The van der Waals surface area contributed by atoms with E-state index in [0.717, 1.165) is 30.5 Å². The van der Waals surface area contributed by atoms with Gasteiger partial charge in [0.15, 0.2) is 0 Å². The lowest BCUT2D eigenvalue weighted by molar-refractivity contribution is -0.934. The molecule has 0 radical (unpaired) electrons. The average Bonchev–Trinajstić information content (AvgIpc) is 3.35. The van der Waals surface area contributed by atoms with Gasteiger partial charge in [0, 0.05) is 31.0 Å². The molecule has 0 saturated carbocycles. The second-order valence-electron chi connectivity index (χ2n) is 8.76. The first-order valence-corrected chi connectivity index (χ1v) is 11.0. The number of aliphatic hydroxyl groups excluding tert-OH is 2. The lowest BCUT2D eigenvalue weighted by Crippen LogP contribution is -2.48. The van der Waals surface area contributed by atoms with Gasteiger partial charge in [-0.05, 0) is 24.9 Å². The summed E-state index contributed by atoms with van der Waals surface area (Å²) in [4.78, 5) is 2.37. The molecule has 4 rings (SSSR count). The van der Waals surface area contributed by atoms with Crippen molar-refractivity contribution < 1.29 is 14.7 Å². The van der Waals surface area contributed by atoms with Gasteiger partial charge in [-0.25, -0.2) is 0 Å². The van der Waals surface area contributed by atoms with E-state index >= 15 is 0 Å². The van der Waals surface area contributed by atoms with E-state index in [1.807, 2.05) is 6.07 Å². The van der Waals surface area contributed by atoms with Crippen molar-refractivity contribution >= 4 is 0 Å². The largest absolute Gasteiger partial charge is 0.395 e. The van der Waals surface area contributed by atoms with Crippen LogP contribution in [-0.4, -0.2) is 65.0 Å². The van der Waals surface area contributed by atoms with Crippen molar-refractivity contribution in [3.8, 4) is 0 Å². The van der Waals surface area contributed by atoms with Crippen LogP contribution in [0.1, 0.15) is 44.2 Å². The third-order valence-corrected chi connectivity index (χ3v) is 6.62. The summed E-state index contributed by atoms with van der Waals surface area (Å²) >= 11 is 0. The zero-order valence-electron chi connectivity index (χ0n) is 17.8. The van der Waals surface area contributed by atoms with E-state index in [-0.39, 0.29) is 7.43 Å². The van der Waals surface area contributed by atoms with E-state index in [1.54, 1.807) is 0 Å². The van der Waals surface area contributed by atoms with E-state index in [4.69, 9.17) is 0 Å². The first-order valence-electron chi connectivity index (χ1n) is 11.0. The predicted molar refractivity (Wildman–Crippen MR) is 125 cm³/mol. The first-order chi connectivity index (χ1) is 14.1. The summed E-state index contributed by atoms with van der Waals surface area (Å²) in [6.45, 7) is 4.97. The van der Waals surface area contributed by atoms with Crippen molar-refractivity contribution in [1.29, 1.82) is 0 Å². The third-order valence-electron chi connectivity index (χ3n) is 6.62. The van der Waals surface area contributed by atoms with Crippen LogP contribution in [0, 0.1) is 0 Å². The van der Waals surface area contributed by atoms with Crippen molar-refractivity contribution in [3.05, 3.63) is 71.8 Å². The van der Waals surface area contributed by atoms with Crippen LogP contribution in [-0.2, 0) is 13.1 Å². The lowest BCUT2D eigenvalue weighted by Gasteiger charge is -2.35. The molecular formula is C26H41N2O2+. The van der Waals surface area contributed by atoms with Gasteiger partial charge in [0.1, 0.15) is 12.6 Å². The third kappa shape index (κ3) is 6.64. The first kappa shape index (κ1) is 24.5. The Hall–Kier alpha value is -1.72. The van der Waals surface area contributed by atoms with Gasteiger partial charge in [-0.15, -0.1) is 0 Å². The molecule has 1 unspecified atom stereocenters. The van der Waals surface area contributed by atoms with Crippen LogP contribution < -0.4 is 0 Å². The molecule has 0 aromatic heterocycles. The fraction of sp³-hybridized carbons (Fsp3) is 0.538. The van der Waals surface area contributed by atoms with Crippen molar-refractivity contribution in [2.45, 2.75) is 58.3 Å². The van der Waals surface area contributed by atoms with E-state index in [1.165, 1.54) is 36.9 Å². The normalized spacial score (nSPS) is 26.0. The predicted octanol–water partition coefficient (Wildman–Crippen LogP) is 4.07. The van der Waals surface area contributed by atoms with Crippen molar-refractivity contribution in [1.82, 2.24) is 4.90 Å². The molecule has 4 nitrogen and oxygen atoms in total. The van der Waals surface area contributed by atoms with Crippen LogP contribution in [0.3, 0.4) is 0 Å². The monoisotopic (exact) mass is 413 g/mol. The Morgan fingerprint density at radius 2 is 1.50 bits per heavy atom. The molecule has 2 heterocycles. The summed E-state index contributed by atoms with van der Waals surface area (Å²) in [7, 11) is 2.26. The number of hydrogen-bond donors (Lipinski definition) is 2. The van der Waals surface area contributed by atoms with Crippen molar-refractivity contribution in [2.75, 3.05) is 33.4 Å². The molecular weight excluding hydrogens is 372 g/mol. The van der Waals surface area contributed by atoms with Gasteiger partial charge in [-0.1, -0.05) is 68.1 Å². The Kier molecular flexibility index (Phi) is 9.99. The van der Waals surface area contributed by atoms with Crippen LogP contribution in [0.5, 0.6) is 0 Å². The van der Waals surface area contributed by atoms with Gasteiger partial charge in [0.25, 0.3) is 0 Å². The topological polar surface area (TPSA) is 43.7 Å². The van der Waals surface area contributed by atoms with E-state index < -0.39 is 0 Å². The highest BCUT2D eigenvalue weighted by molar-refractivity contribution is 5.15. The highest BCUT2D eigenvalue weighted by Gasteiger charge is 2.37. The maximum absolute atomic E-state index is 9.36. The van der Waals surface area contributed by atoms with E-state index in [9.17, 15) is 10.2 Å². The number of nitrogens with zero attached hydrogens (tertiary/aromatic N) is 2. The molecule has 0 bridgehead atoms. The fourth-order valence-electron chi connectivity index (χ4n) is 4.81. The lowest BCUT2D eigenvalue weighted by atomic mass is 10.1. The molecule has 0 spiro atoms. The minimum Gasteiger partial charge on any atom is -0.395 e. The SMILES string of the molecule is C.C[N+]1(Cc2ccccc2)CCC[C@H]1CO.OC[C@@H]1CCCN1Cc1ccccc1. The molecule has 0 aliphatic carbocycles. The molecule has 2 aromatic carbocycles. The Morgan fingerprint density at radius 1 is 0.867 bits per heavy atom. The molecule has 0 amide bonds. The quantitative estimate of drug-likeness (QED) is 0.702. The van der Waals surface area contributed by atoms with Gasteiger partial charge in [0.2, 0.25) is 0 Å². The fourth-order valence-corrected chi connectivity index (χ4v) is 4.81. The van der Waals surface area contributed by atoms with E-state index in [0.29, 0.717) is 25.3 Å². The number of benzene rings is 2. The maximum Gasteiger partial charge on any atom is 0.113 e. The molecule has 3 atom stereocenters. The van der Waals surface area contributed by atoms with Gasteiger partial charge >= 0.3 is 0 Å². The molecule has 2 saturated heterocycles. The van der Waals surface area contributed by atoms with Crippen molar-refractivity contribution in [2.24, 2.45) is 0 Å². The van der Waals surface area contributed by atoms with Crippen LogP contribution in [0.25, 0.3) is 0 Å². The number of likely N-dealkylation sites (N-methyl/N-ethyl adjacent to an activating group) is 1. The summed E-state index contributed by atoms with van der Waals surface area (Å²) in [6, 6.07) is 21.9. The van der Waals surface area contributed by atoms with Gasteiger partial charge in [-0.2, -0.15) is 0 Å². The minimum atomic E-state index is 0. The minimum absolute atomic E-state index is 0. The number of quaternary nitrogens is 1. The summed E-state index contributed by atoms with van der Waals surface area (Å²) in [5.74, 6) is 0. The number of hydrogen-bond acceptors (Lipinski definition) is 3. The molecule has 30 heavy (non-hydrogen) atoms. The summed E-state index contributed by atoms with van der Waals surface area (Å²) in [5.41, 5.74) is 2.72. The van der Waals surface area contributed by atoms with Crippen LogP contribution in [0.15, 0.2) is 60.7 Å². The average molecular weight is 414 g/mol. The molecule has 166 valence electrons. The molecule has 2 aromatic rings. The molecule has 2 fully saturated rings. The van der Waals surface area contributed by atoms with Crippen LogP contribution in [0.2, 0.25) is 0 Å². The Balaban J connectivity index is 0.000000207. The molecule has 2 aliphatic rings. The number of aliphatic hydroxyl groups is 2. The maximum atomic E-state index is 9.36. The standard InChI is InChI=1S/C13H20NO.C12H17NO.CH4/c1-14(9-5-8-13(14)11-15)10-12-6-3-2-4-7-12;14-10-12-7-4-8-13(12)9-11-5-2-1-3-6-11;/h2-4,6-7,13,15H,5,8-11H2,1H3;1-3,5-6,12,14H,4,7-10H2;1H4/q+1;;/t13-,14?;12-;/m00./s1. The van der Waals surface area contributed by atoms with Crippen molar-refractivity contribution in [3.63, 3.8) is 0 Å².